The Morgan fingerprint density at radius 3 is 2.61 bits per heavy atom. The van der Waals surface area contributed by atoms with Crippen molar-refractivity contribution < 1.29 is 24.2 Å². The Hall–Kier alpha value is -1.91. The van der Waals surface area contributed by atoms with Crippen LogP contribution in [0.15, 0.2) is 24.3 Å². The summed E-state index contributed by atoms with van der Waals surface area (Å²) in [5.74, 6) is -0.00479. The van der Waals surface area contributed by atoms with Crippen LogP contribution in [0.2, 0.25) is 5.02 Å². The summed E-state index contributed by atoms with van der Waals surface area (Å²) in [6.07, 6.45) is 1.53. The van der Waals surface area contributed by atoms with Gasteiger partial charge in [0.25, 0.3) is 0 Å². The van der Waals surface area contributed by atoms with Crippen LogP contribution in [0.5, 0.6) is 0 Å². The maximum absolute atomic E-state index is 12.3. The molecule has 10 heteroatoms. The maximum Gasteiger partial charge on any atom is 0.319 e. The molecule has 1 aromatic carbocycles. The summed E-state index contributed by atoms with van der Waals surface area (Å²) in [6.45, 7) is 3.59. The van der Waals surface area contributed by atoms with Gasteiger partial charge in [-0.3, -0.25) is 9.69 Å². The van der Waals surface area contributed by atoms with Gasteiger partial charge in [-0.25, -0.2) is 4.79 Å². The second-order valence-corrected chi connectivity index (χ2v) is 8.23. The molecule has 2 aliphatic rings. The van der Waals surface area contributed by atoms with E-state index >= 15 is 0 Å². The van der Waals surface area contributed by atoms with Crippen molar-refractivity contribution in [3.05, 3.63) is 29.3 Å². The molecule has 0 bridgehead atoms. The standard InChI is InChI=1S/C21H31ClN4O5/c22-15-1-3-16(4-2-15)24-21(29)25-18-6-5-17(31-19(18)14-27)7-8-23-20(28)13-26-9-11-30-12-10-26/h1-4,17-19,27H,5-14H2,(H,23,28)(H2,24,25,29)/t17-,18+,19+/m0/s1. The smallest absolute Gasteiger partial charge is 0.319 e. The number of morpholine rings is 1. The molecular formula is C21H31ClN4O5. The SMILES string of the molecule is O=C(CN1CCOCC1)NCC[C@@H]1CC[C@@H](NC(=O)Nc2ccc(Cl)cc2)[C@@H](CO)O1. The largest absolute Gasteiger partial charge is 0.394 e. The predicted molar refractivity (Wildman–Crippen MR) is 117 cm³/mol. The van der Waals surface area contributed by atoms with E-state index in [1.165, 1.54) is 0 Å². The van der Waals surface area contributed by atoms with Crippen LogP contribution in [0, 0.1) is 0 Å². The van der Waals surface area contributed by atoms with E-state index in [9.17, 15) is 14.7 Å². The van der Waals surface area contributed by atoms with Crippen molar-refractivity contribution in [2.75, 3.05) is 51.3 Å². The Balaban J connectivity index is 1.36. The highest BCUT2D eigenvalue weighted by Gasteiger charge is 2.31. The molecule has 0 aromatic heterocycles. The van der Waals surface area contributed by atoms with Crippen molar-refractivity contribution in [3.8, 4) is 0 Å². The monoisotopic (exact) mass is 454 g/mol. The highest BCUT2D eigenvalue weighted by molar-refractivity contribution is 6.30. The number of hydrogen-bond acceptors (Lipinski definition) is 6. The number of rotatable bonds is 8. The zero-order chi connectivity index (χ0) is 22.1. The number of nitrogens with zero attached hydrogens (tertiary/aromatic N) is 1. The quantitative estimate of drug-likeness (QED) is 0.469. The number of anilines is 1. The summed E-state index contributed by atoms with van der Waals surface area (Å²) in [5.41, 5.74) is 0.630. The number of amides is 3. The zero-order valence-electron chi connectivity index (χ0n) is 17.5. The third kappa shape index (κ3) is 7.93. The van der Waals surface area contributed by atoms with Crippen LogP contribution in [0.4, 0.5) is 10.5 Å². The number of carbonyl (C=O) groups excluding carboxylic acids is 2. The lowest BCUT2D eigenvalue weighted by Crippen LogP contribution is -2.52. The van der Waals surface area contributed by atoms with Gasteiger partial charge in [-0.1, -0.05) is 11.6 Å². The molecule has 3 rings (SSSR count). The molecule has 1 aromatic rings. The molecule has 3 atom stereocenters. The van der Waals surface area contributed by atoms with Crippen LogP contribution in [0.3, 0.4) is 0 Å². The lowest BCUT2D eigenvalue weighted by Gasteiger charge is -2.36. The van der Waals surface area contributed by atoms with Crippen molar-refractivity contribution in [2.45, 2.75) is 37.5 Å². The highest BCUT2D eigenvalue weighted by Crippen LogP contribution is 2.22. The van der Waals surface area contributed by atoms with Gasteiger partial charge < -0.3 is 30.5 Å². The number of nitrogens with one attached hydrogen (secondary N) is 3. The van der Waals surface area contributed by atoms with Gasteiger partial charge in [0.1, 0.15) is 6.10 Å². The number of urea groups is 1. The molecule has 172 valence electrons. The second-order valence-electron chi connectivity index (χ2n) is 7.80. The number of ether oxygens (including phenoxy) is 2. The summed E-state index contributed by atoms with van der Waals surface area (Å²) in [6, 6.07) is 6.18. The van der Waals surface area contributed by atoms with E-state index in [2.05, 4.69) is 20.9 Å². The molecule has 0 unspecified atom stereocenters. The molecule has 0 saturated carbocycles. The third-order valence-electron chi connectivity index (χ3n) is 5.47. The van der Waals surface area contributed by atoms with Gasteiger partial charge in [0.05, 0.1) is 38.5 Å². The molecule has 0 aliphatic carbocycles. The van der Waals surface area contributed by atoms with Gasteiger partial charge in [-0.15, -0.1) is 0 Å². The lowest BCUT2D eigenvalue weighted by atomic mass is 9.97. The highest BCUT2D eigenvalue weighted by atomic mass is 35.5. The number of aliphatic hydroxyl groups excluding tert-OH is 1. The maximum atomic E-state index is 12.3. The molecular weight excluding hydrogens is 424 g/mol. The first-order valence-corrected chi connectivity index (χ1v) is 11.1. The number of halogens is 1. The molecule has 2 saturated heterocycles. The van der Waals surface area contributed by atoms with Crippen molar-refractivity contribution in [3.63, 3.8) is 0 Å². The van der Waals surface area contributed by atoms with Crippen LogP contribution in [-0.4, -0.2) is 86.2 Å². The average Bonchev–Trinajstić information content (AvgIpc) is 2.77. The topological polar surface area (TPSA) is 112 Å². The van der Waals surface area contributed by atoms with Crippen molar-refractivity contribution >= 4 is 29.2 Å². The van der Waals surface area contributed by atoms with Gasteiger partial charge in [0, 0.05) is 30.3 Å². The fraction of sp³-hybridized carbons (Fsp3) is 0.619. The molecule has 0 spiro atoms. The Labute approximate surface area is 187 Å². The molecule has 31 heavy (non-hydrogen) atoms. The van der Waals surface area contributed by atoms with Crippen molar-refractivity contribution in [1.82, 2.24) is 15.5 Å². The summed E-state index contributed by atoms with van der Waals surface area (Å²) >= 11 is 5.85. The molecule has 0 radical (unpaired) electrons. The Bertz CT molecular complexity index is 714. The van der Waals surface area contributed by atoms with E-state index in [1.807, 2.05) is 0 Å². The fourth-order valence-electron chi connectivity index (χ4n) is 3.77. The van der Waals surface area contributed by atoms with E-state index in [-0.39, 0.29) is 30.7 Å². The minimum atomic E-state index is -0.487. The molecule has 2 heterocycles. The Kier molecular flexibility index (Phi) is 9.35. The van der Waals surface area contributed by atoms with Crippen molar-refractivity contribution in [2.24, 2.45) is 0 Å². The van der Waals surface area contributed by atoms with E-state index in [1.54, 1.807) is 24.3 Å². The van der Waals surface area contributed by atoms with E-state index < -0.39 is 6.10 Å². The molecule has 2 fully saturated rings. The first-order chi connectivity index (χ1) is 15.0. The first kappa shape index (κ1) is 23.7. The predicted octanol–water partition coefficient (Wildman–Crippen LogP) is 1.21. The van der Waals surface area contributed by atoms with Crippen LogP contribution in [0.1, 0.15) is 19.3 Å². The zero-order valence-corrected chi connectivity index (χ0v) is 18.3. The summed E-state index contributed by atoms with van der Waals surface area (Å²) in [4.78, 5) is 26.4. The summed E-state index contributed by atoms with van der Waals surface area (Å²) in [5, 5.41) is 18.9. The van der Waals surface area contributed by atoms with Crippen LogP contribution in [0.25, 0.3) is 0 Å². The Morgan fingerprint density at radius 1 is 1.16 bits per heavy atom. The van der Waals surface area contributed by atoms with E-state index in [0.29, 0.717) is 49.9 Å². The van der Waals surface area contributed by atoms with Gasteiger partial charge in [-0.05, 0) is 43.5 Å². The van der Waals surface area contributed by atoms with Gasteiger partial charge in [0.15, 0.2) is 0 Å². The third-order valence-corrected chi connectivity index (χ3v) is 5.73. The summed E-state index contributed by atoms with van der Waals surface area (Å²) in [7, 11) is 0. The number of benzene rings is 1. The van der Waals surface area contributed by atoms with Crippen LogP contribution >= 0.6 is 11.6 Å². The number of aliphatic hydroxyl groups is 1. The van der Waals surface area contributed by atoms with E-state index in [0.717, 1.165) is 19.5 Å². The van der Waals surface area contributed by atoms with E-state index in [4.69, 9.17) is 21.1 Å². The molecule has 4 N–H and O–H groups in total. The molecule has 9 nitrogen and oxygen atoms in total. The van der Waals surface area contributed by atoms with Crippen molar-refractivity contribution in [1.29, 1.82) is 0 Å². The normalized spacial score (nSPS) is 24.4. The fourth-order valence-corrected chi connectivity index (χ4v) is 3.89. The minimum absolute atomic E-state index is 0.00479. The average molecular weight is 455 g/mol. The van der Waals surface area contributed by atoms with Gasteiger partial charge in [0.2, 0.25) is 5.91 Å². The molecule has 2 aliphatic heterocycles. The van der Waals surface area contributed by atoms with Crippen LogP contribution in [-0.2, 0) is 14.3 Å². The van der Waals surface area contributed by atoms with Gasteiger partial charge in [-0.2, -0.15) is 0 Å². The number of carbonyl (C=O) groups is 2. The second kappa shape index (κ2) is 12.2. The summed E-state index contributed by atoms with van der Waals surface area (Å²) < 4.78 is 11.2. The van der Waals surface area contributed by atoms with Gasteiger partial charge >= 0.3 is 6.03 Å². The van der Waals surface area contributed by atoms with Crippen LogP contribution < -0.4 is 16.0 Å². The lowest BCUT2D eigenvalue weighted by molar-refractivity contribution is -0.123. The molecule has 3 amide bonds. The Morgan fingerprint density at radius 2 is 1.90 bits per heavy atom. The minimum Gasteiger partial charge on any atom is -0.394 e. The number of hydrogen-bond donors (Lipinski definition) is 4. The first-order valence-electron chi connectivity index (χ1n) is 10.7.